The van der Waals surface area contributed by atoms with Crippen molar-refractivity contribution in [3.63, 3.8) is 0 Å². The van der Waals surface area contributed by atoms with Gasteiger partial charge in [-0.1, -0.05) is 62.2 Å². The van der Waals surface area contributed by atoms with Crippen LogP contribution in [0.15, 0.2) is 66.7 Å². The van der Waals surface area contributed by atoms with Gasteiger partial charge in [0, 0.05) is 12.1 Å². The molecule has 0 aliphatic rings. The number of nitrogens with one attached hydrogen (secondary N) is 2. The molecule has 3 aromatic rings. The minimum absolute atomic E-state index is 0.0656. The van der Waals surface area contributed by atoms with E-state index in [9.17, 15) is 14.4 Å². The number of halogens is 2. The van der Waals surface area contributed by atoms with Gasteiger partial charge in [-0.05, 0) is 59.5 Å². The smallest absolute Gasteiger partial charge is 0.306 e. The van der Waals surface area contributed by atoms with Gasteiger partial charge in [0.25, 0.3) is 5.91 Å². The van der Waals surface area contributed by atoms with Gasteiger partial charge in [0.15, 0.2) is 6.61 Å². The molecule has 2 N–H and O–H groups in total. The van der Waals surface area contributed by atoms with Gasteiger partial charge < -0.3 is 20.1 Å². The van der Waals surface area contributed by atoms with E-state index in [2.05, 4.69) is 31.4 Å². The summed E-state index contributed by atoms with van der Waals surface area (Å²) in [5.74, 6) is -0.272. The third-order valence-electron chi connectivity index (χ3n) is 5.24. The van der Waals surface area contributed by atoms with Gasteiger partial charge >= 0.3 is 5.97 Å². The lowest BCUT2D eigenvalue weighted by molar-refractivity contribution is -0.147. The predicted octanol–water partition coefficient (Wildman–Crippen LogP) is 6.98. The van der Waals surface area contributed by atoms with Crippen LogP contribution in [0.4, 0.5) is 11.4 Å². The molecule has 2 amide bonds. The summed E-state index contributed by atoms with van der Waals surface area (Å²) >= 11 is 11.9. The number of hydrogen-bond acceptors (Lipinski definition) is 5. The number of carbonyl (C=O) groups is 3. The first kappa shape index (κ1) is 28.0. The molecule has 194 valence electrons. The lowest BCUT2D eigenvalue weighted by atomic mass is 9.87. The summed E-state index contributed by atoms with van der Waals surface area (Å²) in [4.78, 5) is 36.1. The van der Waals surface area contributed by atoms with Crippen molar-refractivity contribution < 1.29 is 23.9 Å². The van der Waals surface area contributed by atoms with Crippen LogP contribution in [0.25, 0.3) is 0 Å². The van der Waals surface area contributed by atoms with Crippen molar-refractivity contribution in [2.24, 2.45) is 0 Å². The van der Waals surface area contributed by atoms with Crippen molar-refractivity contribution in [2.45, 2.75) is 39.0 Å². The van der Waals surface area contributed by atoms with Gasteiger partial charge in [0.2, 0.25) is 5.91 Å². The van der Waals surface area contributed by atoms with Crippen LogP contribution >= 0.6 is 23.2 Å². The van der Waals surface area contributed by atoms with Crippen LogP contribution in [-0.4, -0.2) is 24.4 Å². The second-order valence-corrected chi connectivity index (χ2v) is 10.0. The summed E-state index contributed by atoms with van der Waals surface area (Å²) in [7, 11) is 0. The summed E-state index contributed by atoms with van der Waals surface area (Å²) in [6.45, 7) is 5.94. The summed E-state index contributed by atoms with van der Waals surface area (Å²) in [6, 6.07) is 19.6. The fourth-order valence-corrected chi connectivity index (χ4v) is 3.56. The van der Waals surface area contributed by atoms with Gasteiger partial charge in [-0.25, -0.2) is 0 Å². The monoisotopic (exact) mass is 542 g/mol. The summed E-state index contributed by atoms with van der Waals surface area (Å²) < 4.78 is 10.8. The van der Waals surface area contributed by atoms with E-state index in [-0.39, 0.29) is 34.2 Å². The molecule has 3 rings (SSSR count). The number of esters is 1. The van der Waals surface area contributed by atoms with Gasteiger partial charge in [-0.15, -0.1) is 0 Å². The molecule has 0 aliphatic carbocycles. The van der Waals surface area contributed by atoms with Crippen molar-refractivity contribution in [3.8, 4) is 11.5 Å². The van der Waals surface area contributed by atoms with Gasteiger partial charge in [0.05, 0.1) is 22.2 Å². The Labute approximate surface area is 226 Å². The fourth-order valence-electron chi connectivity index (χ4n) is 3.21. The first-order valence-electron chi connectivity index (χ1n) is 11.6. The molecular formula is C28H28Cl2N2O5. The third-order valence-corrected chi connectivity index (χ3v) is 6.06. The lowest BCUT2D eigenvalue weighted by Gasteiger charge is -2.19. The molecule has 0 fully saturated rings. The molecule has 0 aliphatic heterocycles. The van der Waals surface area contributed by atoms with Crippen LogP contribution in [0.5, 0.6) is 11.5 Å². The van der Waals surface area contributed by atoms with Crippen LogP contribution < -0.4 is 15.4 Å². The summed E-state index contributed by atoms with van der Waals surface area (Å²) in [6.07, 6.45) is -0.276. The van der Waals surface area contributed by atoms with Crippen molar-refractivity contribution >= 4 is 52.4 Å². The molecule has 9 heteroatoms. The van der Waals surface area contributed by atoms with E-state index >= 15 is 0 Å². The molecule has 3 aromatic carbocycles. The Morgan fingerprint density at radius 1 is 0.784 bits per heavy atom. The van der Waals surface area contributed by atoms with Gasteiger partial charge in [-0.3, -0.25) is 14.4 Å². The minimum atomic E-state index is -0.677. The van der Waals surface area contributed by atoms with Crippen molar-refractivity contribution in [3.05, 3.63) is 82.3 Å². The van der Waals surface area contributed by atoms with E-state index in [0.29, 0.717) is 22.9 Å². The Hall–Kier alpha value is -3.55. The lowest BCUT2D eigenvalue weighted by Crippen LogP contribution is -2.22. The second kappa shape index (κ2) is 12.6. The highest BCUT2D eigenvalue weighted by molar-refractivity contribution is 6.44. The van der Waals surface area contributed by atoms with Gasteiger partial charge in [-0.2, -0.15) is 0 Å². The van der Waals surface area contributed by atoms with Gasteiger partial charge in [0.1, 0.15) is 11.5 Å². The van der Waals surface area contributed by atoms with E-state index in [0.717, 1.165) is 0 Å². The normalized spacial score (nSPS) is 10.9. The molecule has 7 nitrogen and oxygen atoms in total. The highest BCUT2D eigenvalue weighted by Gasteiger charge is 2.14. The number of rotatable bonds is 9. The second-order valence-electron chi connectivity index (χ2n) is 9.26. The number of benzene rings is 3. The van der Waals surface area contributed by atoms with E-state index in [1.807, 2.05) is 24.3 Å². The average molecular weight is 543 g/mol. The molecule has 0 atom stereocenters. The van der Waals surface area contributed by atoms with Crippen molar-refractivity contribution in [1.82, 2.24) is 0 Å². The SMILES string of the molecule is CC(C)(C)c1ccc(Oc2ccc(NC(=O)CCC(=O)OCC(=O)Nc3cccc(Cl)c3Cl)cc2)cc1. The largest absolute Gasteiger partial charge is 0.457 e. The molecule has 0 bridgehead atoms. The van der Waals surface area contributed by atoms with Crippen molar-refractivity contribution in [1.29, 1.82) is 0 Å². The Morgan fingerprint density at radius 2 is 1.41 bits per heavy atom. The van der Waals surface area contributed by atoms with E-state index in [1.165, 1.54) is 5.56 Å². The quantitative estimate of drug-likeness (QED) is 0.284. The zero-order valence-corrected chi connectivity index (χ0v) is 22.3. The Bertz CT molecular complexity index is 1250. The first-order chi connectivity index (χ1) is 17.5. The highest BCUT2D eigenvalue weighted by Crippen LogP contribution is 2.30. The van der Waals surface area contributed by atoms with Crippen LogP contribution in [0.1, 0.15) is 39.2 Å². The third kappa shape index (κ3) is 8.81. The maximum Gasteiger partial charge on any atom is 0.306 e. The zero-order chi connectivity index (χ0) is 27.0. The van der Waals surface area contributed by atoms with Crippen molar-refractivity contribution in [2.75, 3.05) is 17.2 Å². The summed E-state index contributed by atoms with van der Waals surface area (Å²) in [5, 5.41) is 5.70. The standard InChI is InChI=1S/C28H28Cl2N2O5/c1-28(2,3)18-7-11-20(12-8-18)37-21-13-9-19(10-14-21)31-24(33)15-16-26(35)36-17-25(34)32-23-6-4-5-22(29)27(23)30/h4-14H,15-17H2,1-3H3,(H,31,33)(H,32,34). The van der Waals surface area contributed by atoms with E-state index < -0.39 is 18.5 Å². The minimum Gasteiger partial charge on any atom is -0.457 e. The Kier molecular flexibility index (Phi) is 9.55. The number of hydrogen-bond donors (Lipinski definition) is 2. The number of amides is 2. The topological polar surface area (TPSA) is 93.7 Å². The molecule has 0 heterocycles. The molecule has 0 saturated heterocycles. The molecule has 37 heavy (non-hydrogen) atoms. The average Bonchev–Trinajstić information content (AvgIpc) is 2.85. The molecule has 0 radical (unpaired) electrons. The number of anilines is 2. The van der Waals surface area contributed by atoms with Crippen LogP contribution in [0.2, 0.25) is 10.0 Å². The Balaban J connectivity index is 1.39. The van der Waals surface area contributed by atoms with E-state index in [1.54, 1.807) is 42.5 Å². The summed E-state index contributed by atoms with van der Waals surface area (Å²) in [5.41, 5.74) is 2.15. The predicted molar refractivity (Wildman–Crippen MR) is 146 cm³/mol. The Morgan fingerprint density at radius 3 is 2.03 bits per heavy atom. The van der Waals surface area contributed by atoms with E-state index in [4.69, 9.17) is 32.7 Å². The molecule has 0 saturated carbocycles. The maximum absolute atomic E-state index is 12.2. The number of carbonyl (C=O) groups excluding carboxylic acids is 3. The highest BCUT2D eigenvalue weighted by atomic mass is 35.5. The fraction of sp³-hybridized carbons (Fsp3) is 0.250. The van der Waals surface area contributed by atoms with Crippen LogP contribution in [0.3, 0.4) is 0 Å². The molecule has 0 spiro atoms. The molecule has 0 aromatic heterocycles. The van der Waals surface area contributed by atoms with Crippen LogP contribution in [-0.2, 0) is 24.5 Å². The number of ether oxygens (including phenoxy) is 2. The molecular weight excluding hydrogens is 515 g/mol. The first-order valence-corrected chi connectivity index (χ1v) is 12.3. The van der Waals surface area contributed by atoms with Crippen LogP contribution in [0, 0.1) is 0 Å². The maximum atomic E-state index is 12.2. The molecule has 0 unspecified atom stereocenters. The zero-order valence-electron chi connectivity index (χ0n) is 20.8.